The molecule has 0 saturated carbocycles. The molecular weight excluding hydrogens is 288 g/mol. The molecule has 1 fully saturated rings. The zero-order chi connectivity index (χ0) is 15.2. The van der Waals surface area contributed by atoms with Crippen LogP contribution in [0.4, 0.5) is 0 Å². The summed E-state index contributed by atoms with van der Waals surface area (Å²) in [5.74, 6) is 0.569. The van der Waals surface area contributed by atoms with Crippen LogP contribution in [0.1, 0.15) is 45.6 Å². The second-order valence-electron chi connectivity index (χ2n) is 5.65. The van der Waals surface area contributed by atoms with E-state index in [1.165, 1.54) is 11.8 Å². The van der Waals surface area contributed by atoms with Crippen LogP contribution in [0.15, 0.2) is 11.5 Å². The van der Waals surface area contributed by atoms with Crippen LogP contribution >= 0.6 is 11.8 Å². The number of aliphatic hydroxyl groups is 1. The first-order valence-corrected chi connectivity index (χ1v) is 8.54. The molecule has 1 aliphatic rings. The topological polar surface area (TPSA) is 71.2 Å². The van der Waals surface area contributed by atoms with Crippen molar-refractivity contribution >= 4 is 17.7 Å². The van der Waals surface area contributed by atoms with Gasteiger partial charge in [-0.15, -0.1) is 10.2 Å². The minimum Gasteiger partial charge on any atom is -0.396 e. The SMILES string of the molecule is CC(C)n1cnnc1SCC(=O)N1CCCC1CCCO. The molecule has 2 heterocycles. The molecule has 0 bridgehead atoms. The summed E-state index contributed by atoms with van der Waals surface area (Å²) in [6, 6.07) is 0.593. The van der Waals surface area contributed by atoms with Crippen LogP contribution in [0.5, 0.6) is 0 Å². The summed E-state index contributed by atoms with van der Waals surface area (Å²) < 4.78 is 1.98. The molecule has 1 unspecified atom stereocenters. The number of likely N-dealkylation sites (tertiary alicyclic amines) is 1. The maximum absolute atomic E-state index is 12.4. The Morgan fingerprint density at radius 2 is 2.38 bits per heavy atom. The Hall–Kier alpha value is -1.08. The van der Waals surface area contributed by atoms with Crippen LogP contribution in [-0.4, -0.2) is 55.6 Å². The highest BCUT2D eigenvalue weighted by Gasteiger charge is 2.28. The third kappa shape index (κ3) is 4.20. The van der Waals surface area contributed by atoms with Crippen molar-refractivity contribution in [3.05, 3.63) is 6.33 Å². The number of carbonyl (C=O) groups excluding carboxylic acids is 1. The zero-order valence-electron chi connectivity index (χ0n) is 12.7. The van der Waals surface area contributed by atoms with Gasteiger partial charge in [-0.1, -0.05) is 11.8 Å². The van der Waals surface area contributed by atoms with Gasteiger partial charge in [-0.3, -0.25) is 4.79 Å². The molecule has 0 spiro atoms. The van der Waals surface area contributed by atoms with Gasteiger partial charge in [-0.05, 0) is 39.5 Å². The number of carbonyl (C=O) groups is 1. The molecule has 6 nitrogen and oxygen atoms in total. The average Bonchev–Trinajstić information content (AvgIpc) is 3.11. The molecule has 7 heteroatoms. The van der Waals surface area contributed by atoms with Gasteiger partial charge >= 0.3 is 0 Å². The lowest BCUT2D eigenvalue weighted by atomic mass is 10.1. The highest BCUT2D eigenvalue weighted by molar-refractivity contribution is 7.99. The van der Waals surface area contributed by atoms with Crippen LogP contribution < -0.4 is 0 Å². The predicted octanol–water partition coefficient (Wildman–Crippen LogP) is 1.71. The first-order valence-electron chi connectivity index (χ1n) is 7.56. The van der Waals surface area contributed by atoms with E-state index in [0.29, 0.717) is 17.8 Å². The number of rotatable bonds is 7. The Morgan fingerprint density at radius 3 is 3.10 bits per heavy atom. The highest BCUT2D eigenvalue weighted by Crippen LogP contribution is 2.24. The molecule has 1 saturated heterocycles. The third-order valence-electron chi connectivity index (χ3n) is 3.81. The molecular formula is C14H24N4O2S. The standard InChI is InChI=1S/C14H24N4O2S/c1-11(2)18-10-15-16-14(18)21-9-13(20)17-7-3-5-12(17)6-4-8-19/h10-12,19H,3-9H2,1-2H3. The lowest BCUT2D eigenvalue weighted by Gasteiger charge is -2.24. The quantitative estimate of drug-likeness (QED) is 0.776. The van der Waals surface area contributed by atoms with Crippen molar-refractivity contribution < 1.29 is 9.90 Å². The average molecular weight is 312 g/mol. The largest absolute Gasteiger partial charge is 0.396 e. The summed E-state index contributed by atoms with van der Waals surface area (Å²) in [6.07, 6.45) is 5.49. The third-order valence-corrected chi connectivity index (χ3v) is 4.76. The first-order chi connectivity index (χ1) is 10.1. The van der Waals surface area contributed by atoms with E-state index in [1.54, 1.807) is 6.33 Å². The van der Waals surface area contributed by atoms with E-state index in [1.807, 2.05) is 9.47 Å². The normalized spacial score (nSPS) is 18.7. The number of amides is 1. The van der Waals surface area contributed by atoms with Crippen molar-refractivity contribution in [3.63, 3.8) is 0 Å². The Labute approximate surface area is 129 Å². The van der Waals surface area contributed by atoms with Crippen molar-refractivity contribution in [3.8, 4) is 0 Å². The van der Waals surface area contributed by atoms with Gasteiger partial charge < -0.3 is 14.6 Å². The van der Waals surface area contributed by atoms with Crippen molar-refractivity contribution in [2.24, 2.45) is 0 Å². The number of hydrogen-bond acceptors (Lipinski definition) is 5. The molecule has 1 aliphatic heterocycles. The summed E-state index contributed by atoms with van der Waals surface area (Å²) in [6.45, 7) is 5.18. The molecule has 118 valence electrons. The van der Waals surface area contributed by atoms with Gasteiger partial charge in [0.15, 0.2) is 5.16 Å². The van der Waals surface area contributed by atoms with Crippen LogP contribution in [0.25, 0.3) is 0 Å². The van der Waals surface area contributed by atoms with E-state index in [9.17, 15) is 4.79 Å². The fourth-order valence-electron chi connectivity index (χ4n) is 2.69. The zero-order valence-corrected chi connectivity index (χ0v) is 13.6. The molecule has 1 aromatic rings. The van der Waals surface area contributed by atoms with Crippen LogP contribution in [-0.2, 0) is 4.79 Å². The molecule has 0 radical (unpaired) electrons. The Kier molecular flexibility index (Phi) is 6.05. The lowest BCUT2D eigenvalue weighted by Crippen LogP contribution is -2.36. The maximum atomic E-state index is 12.4. The highest BCUT2D eigenvalue weighted by atomic mass is 32.2. The maximum Gasteiger partial charge on any atom is 0.233 e. The fourth-order valence-corrected chi connectivity index (χ4v) is 3.62. The summed E-state index contributed by atoms with van der Waals surface area (Å²) in [7, 11) is 0. The molecule has 0 aromatic carbocycles. The second kappa shape index (κ2) is 7.79. The van der Waals surface area contributed by atoms with Crippen molar-refractivity contribution in [2.45, 2.75) is 56.8 Å². The number of nitrogens with zero attached hydrogens (tertiary/aromatic N) is 4. The Balaban J connectivity index is 1.87. The second-order valence-corrected chi connectivity index (χ2v) is 6.59. The van der Waals surface area contributed by atoms with E-state index >= 15 is 0 Å². The molecule has 1 N–H and O–H groups in total. The van der Waals surface area contributed by atoms with Crippen LogP contribution in [0, 0.1) is 0 Å². The van der Waals surface area contributed by atoms with E-state index in [4.69, 9.17) is 5.11 Å². The van der Waals surface area contributed by atoms with Gasteiger partial charge in [-0.25, -0.2) is 0 Å². The Bertz CT molecular complexity index is 464. The molecule has 1 amide bonds. The lowest BCUT2D eigenvalue weighted by molar-refractivity contribution is -0.129. The monoisotopic (exact) mass is 312 g/mol. The predicted molar refractivity (Wildman–Crippen MR) is 82.2 cm³/mol. The van der Waals surface area contributed by atoms with Gasteiger partial charge in [0, 0.05) is 25.2 Å². The molecule has 0 aliphatic carbocycles. The van der Waals surface area contributed by atoms with Crippen molar-refractivity contribution in [1.29, 1.82) is 0 Å². The van der Waals surface area contributed by atoms with E-state index in [2.05, 4.69) is 24.0 Å². The van der Waals surface area contributed by atoms with Crippen molar-refractivity contribution in [1.82, 2.24) is 19.7 Å². The molecule has 21 heavy (non-hydrogen) atoms. The van der Waals surface area contributed by atoms with Gasteiger partial charge in [0.2, 0.25) is 5.91 Å². The summed E-state index contributed by atoms with van der Waals surface area (Å²) >= 11 is 1.45. The summed E-state index contributed by atoms with van der Waals surface area (Å²) in [5, 5.41) is 17.7. The first kappa shape index (κ1) is 16.3. The van der Waals surface area contributed by atoms with E-state index in [-0.39, 0.29) is 12.5 Å². The van der Waals surface area contributed by atoms with Crippen LogP contribution in [0.2, 0.25) is 0 Å². The number of aliphatic hydroxyl groups excluding tert-OH is 1. The van der Waals surface area contributed by atoms with Gasteiger partial charge in [0.05, 0.1) is 5.75 Å². The fraction of sp³-hybridized carbons (Fsp3) is 0.786. The smallest absolute Gasteiger partial charge is 0.233 e. The molecule has 1 aromatic heterocycles. The minimum absolute atomic E-state index is 0.166. The van der Waals surface area contributed by atoms with Gasteiger partial charge in [0.1, 0.15) is 6.33 Å². The summed E-state index contributed by atoms with van der Waals surface area (Å²) in [5.41, 5.74) is 0. The Morgan fingerprint density at radius 1 is 1.57 bits per heavy atom. The minimum atomic E-state index is 0.166. The number of aromatic nitrogens is 3. The summed E-state index contributed by atoms with van der Waals surface area (Å²) in [4.78, 5) is 14.4. The molecule has 2 rings (SSSR count). The van der Waals surface area contributed by atoms with Gasteiger partial charge in [0.25, 0.3) is 0 Å². The van der Waals surface area contributed by atoms with Crippen LogP contribution in [0.3, 0.4) is 0 Å². The molecule has 1 atom stereocenters. The number of hydrogen-bond donors (Lipinski definition) is 1. The van der Waals surface area contributed by atoms with E-state index in [0.717, 1.165) is 37.4 Å². The number of thioether (sulfide) groups is 1. The van der Waals surface area contributed by atoms with Crippen molar-refractivity contribution in [2.75, 3.05) is 18.9 Å². The van der Waals surface area contributed by atoms with Gasteiger partial charge in [-0.2, -0.15) is 0 Å². The van der Waals surface area contributed by atoms with E-state index < -0.39 is 0 Å².